The first-order chi connectivity index (χ1) is 9.88. The van der Waals surface area contributed by atoms with Crippen LogP contribution in [-0.4, -0.2) is 50.1 Å². The molecular weight excluding hydrogens is 308 g/mol. The molecule has 3 N–H and O–H groups in total. The SMILES string of the molecule is CC(CNc1snc(N)c1S(C)(=O)=O)CN1CCCCC1. The van der Waals surface area contributed by atoms with Crippen LogP contribution in [0.5, 0.6) is 0 Å². The maximum Gasteiger partial charge on any atom is 0.182 e. The minimum absolute atomic E-state index is 0.0914. The Morgan fingerprint density at radius 1 is 1.38 bits per heavy atom. The topological polar surface area (TPSA) is 88.3 Å². The maximum absolute atomic E-state index is 11.7. The molecule has 8 heteroatoms. The predicted molar refractivity (Wildman–Crippen MR) is 87.6 cm³/mol. The molecule has 0 bridgehead atoms. The van der Waals surface area contributed by atoms with E-state index in [1.807, 2.05) is 0 Å². The summed E-state index contributed by atoms with van der Waals surface area (Å²) in [5, 5.41) is 3.76. The van der Waals surface area contributed by atoms with Gasteiger partial charge in [-0.3, -0.25) is 0 Å². The van der Waals surface area contributed by atoms with Gasteiger partial charge in [-0.05, 0) is 43.4 Å². The zero-order chi connectivity index (χ0) is 15.5. The molecule has 0 aromatic carbocycles. The molecule has 6 nitrogen and oxygen atoms in total. The Labute approximate surface area is 130 Å². The molecule has 1 aliphatic heterocycles. The molecule has 0 spiro atoms. The highest BCUT2D eigenvalue weighted by Crippen LogP contribution is 2.31. The van der Waals surface area contributed by atoms with Gasteiger partial charge in [0.05, 0.1) is 0 Å². The fourth-order valence-corrected chi connectivity index (χ4v) is 4.75. The number of sulfone groups is 1. The molecule has 0 amide bonds. The summed E-state index contributed by atoms with van der Waals surface area (Å²) in [5.41, 5.74) is 5.66. The van der Waals surface area contributed by atoms with Crippen molar-refractivity contribution < 1.29 is 8.42 Å². The van der Waals surface area contributed by atoms with Crippen LogP contribution in [0.25, 0.3) is 0 Å². The molecule has 1 fully saturated rings. The van der Waals surface area contributed by atoms with Gasteiger partial charge in [0.25, 0.3) is 0 Å². The van der Waals surface area contributed by atoms with Crippen molar-refractivity contribution in [3.05, 3.63) is 0 Å². The van der Waals surface area contributed by atoms with Crippen LogP contribution in [-0.2, 0) is 9.84 Å². The number of hydrogen-bond acceptors (Lipinski definition) is 7. The van der Waals surface area contributed by atoms with Gasteiger partial charge in [0.2, 0.25) is 0 Å². The first-order valence-corrected chi connectivity index (χ1v) is 9.96. The Morgan fingerprint density at radius 2 is 2.05 bits per heavy atom. The number of likely N-dealkylation sites (tertiary alicyclic amines) is 1. The highest BCUT2D eigenvalue weighted by Gasteiger charge is 2.22. The van der Waals surface area contributed by atoms with Gasteiger partial charge in [-0.2, -0.15) is 4.37 Å². The lowest BCUT2D eigenvalue weighted by molar-refractivity contribution is 0.204. The van der Waals surface area contributed by atoms with E-state index in [4.69, 9.17) is 5.73 Å². The number of anilines is 2. The van der Waals surface area contributed by atoms with E-state index in [9.17, 15) is 8.42 Å². The Hall–Kier alpha value is -0.860. The zero-order valence-electron chi connectivity index (χ0n) is 12.6. The molecule has 0 radical (unpaired) electrons. The van der Waals surface area contributed by atoms with Crippen molar-refractivity contribution in [1.82, 2.24) is 9.27 Å². The first-order valence-electron chi connectivity index (χ1n) is 7.29. The van der Waals surface area contributed by atoms with Crippen molar-refractivity contribution in [3.8, 4) is 0 Å². The molecular formula is C13H24N4O2S2. The molecule has 2 rings (SSSR count). The van der Waals surface area contributed by atoms with Crippen LogP contribution < -0.4 is 11.1 Å². The number of piperidine rings is 1. The summed E-state index contributed by atoms with van der Waals surface area (Å²) in [4.78, 5) is 2.62. The zero-order valence-corrected chi connectivity index (χ0v) is 14.3. The fraction of sp³-hybridized carbons (Fsp3) is 0.769. The summed E-state index contributed by atoms with van der Waals surface area (Å²) in [6.45, 7) is 6.28. The van der Waals surface area contributed by atoms with E-state index in [1.165, 1.54) is 32.4 Å². The van der Waals surface area contributed by atoms with Crippen molar-refractivity contribution >= 4 is 32.2 Å². The van der Waals surface area contributed by atoms with Crippen molar-refractivity contribution in [3.63, 3.8) is 0 Å². The Balaban J connectivity index is 1.91. The second-order valence-corrected chi connectivity index (χ2v) is 8.57. The molecule has 1 unspecified atom stereocenters. The van der Waals surface area contributed by atoms with Gasteiger partial charge >= 0.3 is 0 Å². The number of rotatable bonds is 6. The van der Waals surface area contributed by atoms with Gasteiger partial charge in [0, 0.05) is 19.3 Å². The molecule has 1 aromatic heterocycles. The number of aromatic nitrogens is 1. The highest BCUT2D eigenvalue weighted by atomic mass is 32.2. The summed E-state index contributed by atoms with van der Waals surface area (Å²) in [7, 11) is -3.35. The second-order valence-electron chi connectivity index (χ2n) is 5.85. The van der Waals surface area contributed by atoms with Crippen molar-refractivity contribution in [2.45, 2.75) is 31.1 Å². The molecule has 1 aromatic rings. The number of nitrogen functional groups attached to an aromatic ring is 1. The van der Waals surface area contributed by atoms with Gasteiger partial charge < -0.3 is 16.0 Å². The first kappa shape index (κ1) is 16.5. The van der Waals surface area contributed by atoms with Crippen LogP contribution in [0.15, 0.2) is 4.90 Å². The molecule has 120 valence electrons. The quantitative estimate of drug-likeness (QED) is 0.824. The van der Waals surface area contributed by atoms with E-state index in [2.05, 4.69) is 21.5 Å². The van der Waals surface area contributed by atoms with Crippen LogP contribution in [0.3, 0.4) is 0 Å². The van der Waals surface area contributed by atoms with Crippen LogP contribution >= 0.6 is 11.5 Å². The Morgan fingerprint density at radius 3 is 2.67 bits per heavy atom. The largest absolute Gasteiger partial charge is 0.382 e. The lowest BCUT2D eigenvalue weighted by Gasteiger charge is -2.29. The summed E-state index contributed by atoms with van der Waals surface area (Å²) in [6, 6.07) is 0. The number of nitrogens with zero attached hydrogens (tertiary/aromatic N) is 2. The van der Waals surface area contributed by atoms with E-state index in [0.717, 1.165) is 30.9 Å². The molecule has 2 heterocycles. The van der Waals surface area contributed by atoms with Gasteiger partial charge in [-0.15, -0.1) is 0 Å². The third-order valence-corrected chi connectivity index (χ3v) is 5.78. The predicted octanol–water partition coefficient (Wildman–Crippen LogP) is 1.66. The Kier molecular flexibility index (Phi) is 5.45. The van der Waals surface area contributed by atoms with Crippen molar-refractivity contribution in [2.24, 2.45) is 5.92 Å². The van der Waals surface area contributed by atoms with Gasteiger partial charge in [-0.1, -0.05) is 13.3 Å². The van der Waals surface area contributed by atoms with E-state index in [-0.39, 0.29) is 10.7 Å². The molecule has 21 heavy (non-hydrogen) atoms. The standard InChI is InChI=1S/C13H24N4O2S2/c1-10(9-17-6-4-3-5-7-17)8-15-13-11(21(2,18)19)12(14)16-20-13/h10,15H,3-9H2,1-2H3,(H2,14,16). The smallest absolute Gasteiger partial charge is 0.182 e. The van der Waals surface area contributed by atoms with E-state index in [0.29, 0.717) is 10.9 Å². The molecule has 0 saturated carbocycles. The van der Waals surface area contributed by atoms with Gasteiger partial charge in [0.15, 0.2) is 15.7 Å². The fourth-order valence-electron chi connectivity index (χ4n) is 2.68. The average Bonchev–Trinajstić information content (AvgIpc) is 2.78. The summed E-state index contributed by atoms with van der Waals surface area (Å²) >= 11 is 1.11. The third kappa shape index (κ3) is 4.55. The van der Waals surface area contributed by atoms with Gasteiger partial charge in [-0.25, -0.2) is 8.42 Å². The van der Waals surface area contributed by atoms with E-state index in [1.54, 1.807) is 0 Å². The lowest BCUT2D eigenvalue weighted by Crippen LogP contribution is -2.35. The summed E-state index contributed by atoms with van der Waals surface area (Å²) in [5.74, 6) is 0.535. The van der Waals surface area contributed by atoms with E-state index >= 15 is 0 Å². The number of hydrogen-bond donors (Lipinski definition) is 2. The maximum atomic E-state index is 11.7. The van der Waals surface area contributed by atoms with Crippen molar-refractivity contribution in [1.29, 1.82) is 0 Å². The minimum Gasteiger partial charge on any atom is -0.382 e. The minimum atomic E-state index is -3.35. The van der Waals surface area contributed by atoms with Crippen LogP contribution in [0.2, 0.25) is 0 Å². The Bertz CT molecular complexity index is 565. The number of nitrogens with one attached hydrogen (secondary N) is 1. The van der Waals surface area contributed by atoms with Crippen LogP contribution in [0.4, 0.5) is 10.8 Å². The molecule has 0 aliphatic carbocycles. The number of nitrogens with two attached hydrogens (primary N) is 1. The lowest BCUT2D eigenvalue weighted by atomic mass is 10.1. The van der Waals surface area contributed by atoms with Crippen molar-refractivity contribution in [2.75, 3.05) is 43.5 Å². The average molecular weight is 332 g/mol. The summed E-state index contributed by atoms with van der Waals surface area (Å²) < 4.78 is 27.4. The highest BCUT2D eigenvalue weighted by molar-refractivity contribution is 7.91. The van der Waals surface area contributed by atoms with E-state index < -0.39 is 9.84 Å². The summed E-state index contributed by atoms with van der Waals surface area (Å²) in [6.07, 6.45) is 5.06. The second kappa shape index (κ2) is 6.93. The molecule has 1 aliphatic rings. The normalized spacial score (nSPS) is 18.6. The monoisotopic (exact) mass is 332 g/mol. The van der Waals surface area contributed by atoms with Gasteiger partial charge in [0.1, 0.15) is 9.90 Å². The van der Waals surface area contributed by atoms with Crippen LogP contribution in [0, 0.1) is 5.92 Å². The molecule has 1 atom stereocenters. The third-order valence-electron chi connectivity index (χ3n) is 3.67. The van der Waals surface area contributed by atoms with Crippen LogP contribution in [0.1, 0.15) is 26.2 Å². The molecule has 1 saturated heterocycles.